The zero-order valence-corrected chi connectivity index (χ0v) is 11.8. The van der Waals surface area contributed by atoms with Crippen LogP contribution in [0.3, 0.4) is 0 Å². The zero-order valence-electron chi connectivity index (χ0n) is 9.57. The number of carbonyl (C=O) groups is 2. The summed E-state index contributed by atoms with van der Waals surface area (Å²) < 4.78 is 0. The lowest BCUT2D eigenvalue weighted by molar-refractivity contribution is -0.141. The summed E-state index contributed by atoms with van der Waals surface area (Å²) in [4.78, 5) is 28.4. The predicted molar refractivity (Wildman–Crippen MR) is 71.0 cm³/mol. The van der Waals surface area contributed by atoms with Gasteiger partial charge in [0.2, 0.25) is 0 Å². The van der Waals surface area contributed by atoms with Crippen molar-refractivity contribution in [2.45, 2.75) is 18.9 Å². The van der Waals surface area contributed by atoms with E-state index in [2.05, 4.69) is 4.98 Å². The van der Waals surface area contributed by atoms with Crippen molar-refractivity contribution < 1.29 is 14.7 Å². The van der Waals surface area contributed by atoms with Crippen molar-refractivity contribution in [2.75, 3.05) is 6.54 Å². The van der Waals surface area contributed by atoms with Crippen molar-refractivity contribution in [3.63, 3.8) is 0 Å². The highest BCUT2D eigenvalue weighted by molar-refractivity contribution is 6.48. The van der Waals surface area contributed by atoms with Gasteiger partial charge in [0, 0.05) is 12.7 Å². The highest BCUT2D eigenvalue weighted by Gasteiger charge is 2.36. The van der Waals surface area contributed by atoms with Crippen LogP contribution in [0.25, 0.3) is 0 Å². The molecule has 0 bridgehead atoms. The number of hydrogen-bond donors (Lipinski definition) is 1. The summed E-state index contributed by atoms with van der Waals surface area (Å²) in [6.07, 6.45) is 2.26. The van der Waals surface area contributed by atoms with Crippen molar-refractivity contribution in [3.05, 3.63) is 27.0 Å². The Balaban J connectivity index is 2.35. The third kappa shape index (κ3) is 2.63. The molecule has 2 rings (SSSR count). The van der Waals surface area contributed by atoms with Crippen molar-refractivity contribution in [3.8, 4) is 0 Å². The summed E-state index contributed by atoms with van der Waals surface area (Å²) >= 11 is 17.5. The Kier molecular flexibility index (Phi) is 4.18. The van der Waals surface area contributed by atoms with Crippen LogP contribution >= 0.6 is 34.8 Å². The SMILES string of the molecule is O=C(O)[C@H]1CCCN1C(=O)c1ncc(Cl)c(Cl)c1Cl. The van der Waals surface area contributed by atoms with Crippen molar-refractivity contribution >= 4 is 46.7 Å². The molecule has 0 aliphatic carbocycles. The molecule has 1 fully saturated rings. The topological polar surface area (TPSA) is 70.5 Å². The molecule has 1 aliphatic heterocycles. The van der Waals surface area contributed by atoms with E-state index < -0.39 is 17.9 Å². The van der Waals surface area contributed by atoms with Crippen molar-refractivity contribution in [1.29, 1.82) is 0 Å². The zero-order chi connectivity index (χ0) is 14.2. The van der Waals surface area contributed by atoms with E-state index in [4.69, 9.17) is 39.9 Å². The molecule has 0 radical (unpaired) electrons. The van der Waals surface area contributed by atoms with E-state index in [0.717, 1.165) is 0 Å². The molecule has 19 heavy (non-hydrogen) atoms. The van der Waals surface area contributed by atoms with E-state index in [0.29, 0.717) is 19.4 Å². The van der Waals surface area contributed by atoms with Gasteiger partial charge < -0.3 is 10.0 Å². The van der Waals surface area contributed by atoms with Gasteiger partial charge in [-0.15, -0.1) is 0 Å². The molecule has 1 aromatic rings. The second-order valence-corrected chi connectivity index (χ2v) is 5.24. The maximum Gasteiger partial charge on any atom is 0.326 e. The molecule has 8 heteroatoms. The molecular formula is C11H9Cl3N2O3. The third-order valence-electron chi connectivity index (χ3n) is 2.92. The number of amides is 1. The number of halogens is 3. The summed E-state index contributed by atoms with van der Waals surface area (Å²) in [6.45, 7) is 0.355. The summed E-state index contributed by atoms with van der Waals surface area (Å²) in [7, 11) is 0. The Morgan fingerprint density at radius 2 is 2.00 bits per heavy atom. The quantitative estimate of drug-likeness (QED) is 0.908. The lowest BCUT2D eigenvalue weighted by Gasteiger charge is -2.21. The molecule has 0 saturated carbocycles. The van der Waals surface area contributed by atoms with E-state index in [1.165, 1.54) is 11.1 Å². The fourth-order valence-electron chi connectivity index (χ4n) is 2.00. The van der Waals surface area contributed by atoms with E-state index in [9.17, 15) is 9.59 Å². The minimum Gasteiger partial charge on any atom is -0.480 e. The fraction of sp³-hybridized carbons (Fsp3) is 0.364. The van der Waals surface area contributed by atoms with E-state index in [-0.39, 0.29) is 20.8 Å². The second-order valence-electron chi connectivity index (χ2n) is 4.08. The minimum atomic E-state index is -1.04. The number of nitrogens with zero attached hydrogens (tertiary/aromatic N) is 2. The molecule has 1 N–H and O–H groups in total. The lowest BCUT2D eigenvalue weighted by atomic mass is 10.2. The van der Waals surface area contributed by atoms with Gasteiger partial charge in [-0.2, -0.15) is 0 Å². The van der Waals surface area contributed by atoms with Crippen LogP contribution in [0.15, 0.2) is 6.20 Å². The predicted octanol–water partition coefficient (Wildman–Crippen LogP) is 2.73. The van der Waals surface area contributed by atoms with Gasteiger partial charge in [-0.3, -0.25) is 4.79 Å². The van der Waals surface area contributed by atoms with E-state index in [1.54, 1.807) is 0 Å². The number of likely N-dealkylation sites (tertiary alicyclic amines) is 1. The normalized spacial score (nSPS) is 18.7. The van der Waals surface area contributed by atoms with Crippen molar-refractivity contribution in [2.24, 2.45) is 0 Å². The first-order valence-electron chi connectivity index (χ1n) is 5.46. The van der Waals surface area contributed by atoms with Crippen molar-refractivity contribution in [1.82, 2.24) is 9.88 Å². The first kappa shape index (κ1) is 14.4. The molecule has 1 atom stereocenters. The maximum atomic E-state index is 12.3. The van der Waals surface area contributed by atoms with E-state index in [1.807, 2.05) is 0 Å². The lowest BCUT2D eigenvalue weighted by Crippen LogP contribution is -2.40. The van der Waals surface area contributed by atoms with Crippen LogP contribution in [0, 0.1) is 0 Å². The molecular weight excluding hydrogens is 314 g/mol. The van der Waals surface area contributed by atoms with Gasteiger partial charge in [-0.05, 0) is 12.8 Å². The second kappa shape index (κ2) is 5.53. The third-order valence-corrected chi connectivity index (χ3v) is 4.16. The van der Waals surface area contributed by atoms with Gasteiger partial charge in [0.1, 0.15) is 11.7 Å². The Labute approximate surface area is 124 Å². The molecule has 0 unspecified atom stereocenters. The Morgan fingerprint density at radius 3 is 2.63 bits per heavy atom. The Morgan fingerprint density at radius 1 is 1.32 bits per heavy atom. The van der Waals surface area contributed by atoms with Crippen LogP contribution in [-0.4, -0.2) is 39.5 Å². The molecule has 0 spiro atoms. The summed E-state index contributed by atoms with van der Waals surface area (Å²) in [5, 5.41) is 9.17. The highest BCUT2D eigenvalue weighted by atomic mass is 35.5. The standard InChI is InChI=1S/C11H9Cl3N2O3/c12-5-4-15-9(8(14)7(5)13)10(17)16-3-1-2-6(16)11(18)19/h4,6H,1-3H2,(H,18,19)/t6-/m1/s1. The Bertz CT molecular complexity index is 550. The average Bonchev–Trinajstić information content (AvgIpc) is 2.84. The van der Waals surface area contributed by atoms with Gasteiger partial charge in [-0.25, -0.2) is 9.78 Å². The van der Waals surface area contributed by atoms with Crippen LogP contribution in [0.4, 0.5) is 0 Å². The molecule has 1 aliphatic rings. The molecule has 1 amide bonds. The molecule has 5 nitrogen and oxygen atoms in total. The van der Waals surface area contributed by atoms with Gasteiger partial charge in [0.05, 0.1) is 15.1 Å². The number of carboxylic acid groups (broad SMARTS) is 1. The smallest absolute Gasteiger partial charge is 0.326 e. The fourth-order valence-corrected chi connectivity index (χ4v) is 2.56. The van der Waals surface area contributed by atoms with Crippen LogP contribution in [0.5, 0.6) is 0 Å². The number of hydrogen-bond acceptors (Lipinski definition) is 3. The van der Waals surface area contributed by atoms with Gasteiger partial charge >= 0.3 is 5.97 Å². The summed E-state index contributed by atoms with van der Waals surface area (Å²) in [6, 6.07) is -0.847. The largest absolute Gasteiger partial charge is 0.480 e. The first-order chi connectivity index (χ1) is 8.93. The number of rotatable bonds is 2. The van der Waals surface area contributed by atoms with E-state index >= 15 is 0 Å². The minimum absolute atomic E-state index is 0.0350. The average molecular weight is 324 g/mol. The number of pyridine rings is 1. The summed E-state index contributed by atoms with van der Waals surface area (Å²) in [5.41, 5.74) is -0.0794. The number of carbonyl (C=O) groups excluding carboxylic acids is 1. The van der Waals surface area contributed by atoms with Crippen LogP contribution in [0.1, 0.15) is 23.3 Å². The number of aromatic nitrogens is 1. The number of carboxylic acids is 1. The van der Waals surface area contributed by atoms with Gasteiger partial charge in [-0.1, -0.05) is 34.8 Å². The van der Waals surface area contributed by atoms with Gasteiger partial charge in [0.15, 0.2) is 0 Å². The molecule has 2 heterocycles. The summed E-state index contributed by atoms with van der Waals surface area (Å²) in [5.74, 6) is -1.59. The number of aliphatic carboxylic acids is 1. The van der Waals surface area contributed by atoms with Crippen LogP contribution < -0.4 is 0 Å². The Hall–Kier alpha value is -1.04. The monoisotopic (exact) mass is 322 g/mol. The van der Waals surface area contributed by atoms with Crippen LogP contribution in [-0.2, 0) is 4.79 Å². The molecule has 1 saturated heterocycles. The van der Waals surface area contributed by atoms with Crippen LogP contribution in [0.2, 0.25) is 15.1 Å². The maximum absolute atomic E-state index is 12.3. The first-order valence-corrected chi connectivity index (χ1v) is 6.60. The molecule has 1 aromatic heterocycles. The van der Waals surface area contributed by atoms with Gasteiger partial charge in [0.25, 0.3) is 5.91 Å². The molecule has 0 aromatic carbocycles. The molecule has 102 valence electrons. The highest BCUT2D eigenvalue weighted by Crippen LogP contribution is 2.32.